The van der Waals surface area contributed by atoms with Crippen LogP contribution >= 0.6 is 11.6 Å². The molecule has 0 atom stereocenters. The predicted molar refractivity (Wildman–Crippen MR) is 77.3 cm³/mol. The molecule has 2 nitrogen and oxygen atoms in total. The maximum atomic E-state index is 13.2. The number of nitrogens with zero attached hydrogens (tertiary/aromatic N) is 2. The van der Waals surface area contributed by atoms with E-state index in [0.717, 1.165) is 36.3 Å². The van der Waals surface area contributed by atoms with Gasteiger partial charge in [0, 0.05) is 18.8 Å². The average Bonchev–Trinajstić information content (AvgIpc) is 2.46. The number of benzene rings is 2. The molecule has 0 bridgehead atoms. The zero-order chi connectivity index (χ0) is 14.1. The van der Waals surface area contributed by atoms with E-state index in [4.69, 9.17) is 16.9 Å². The highest BCUT2D eigenvalue weighted by atomic mass is 35.5. The fourth-order valence-corrected chi connectivity index (χ4v) is 2.75. The van der Waals surface area contributed by atoms with Crippen molar-refractivity contribution in [3.8, 4) is 6.07 Å². The van der Waals surface area contributed by atoms with Crippen LogP contribution in [0.2, 0.25) is 5.02 Å². The molecular formula is C16H12ClFN2. The van der Waals surface area contributed by atoms with Crippen molar-refractivity contribution in [2.75, 3.05) is 11.4 Å². The van der Waals surface area contributed by atoms with Gasteiger partial charge >= 0.3 is 0 Å². The summed E-state index contributed by atoms with van der Waals surface area (Å²) in [5, 5.41) is 9.36. The first-order chi connectivity index (χ1) is 9.67. The van der Waals surface area contributed by atoms with Gasteiger partial charge in [0.1, 0.15) is 11.9 Å². The second kappa shape index (κ2) is 5.15. The quantitative estimate of drug-likeness (QED) is 0.794. The third kappa shape index (κ3) is 2.35. The van der Waals surface area contributed by atoms with E-state index in [1.807, 2.05) is 18.2 Å². The minimum atomic E-state index is -0.182. The van der Waals surface area contributed by atoms with Crippen molar-refractivity contribution in [2.45, 2.75) is 13.0 Å². The van der Waals surface area contributed by atoms with E-state index in [-0.39, 0.29) is 5.82 Å². The van der Waals surface area contributed by atoms with Crippen LogP contribution in [0.1, 0.15) is 16.7 Å². The fraction of sp³-hybridized carbons (Fsp3) is 0.188. The van der Waals surface area contributed by atoms with Gasteiger partial charge in [-0.25, -0.2) is 4.39 Å². The molecule has 0 aliphatic carbocycles. The number of fused-ring (bicyclic) bond motifs is 1. The lowest BCUT2D eigenvalue weighted by Crippen LogP contribution is -2.30. The Kier molecular flexibility index (Phi) is 3.33. The lowest BCUT2D eigenvalue weighted by atomic mass is 9.99. The van der Waals surface area contributed by atoms with E-state index in [1.165, 1.54) is 6.07 Å². The highest BCUT2D eigenvalue weighted by molar-refractivity contribution is 6.32. The lowest BCUT2D eigenvalue weighted by Gasteiger charge is -2.31. The SMILES string of the molecule is N#Cc1ccc(N2CCc3cc(F)ccc3C2)cc1Cl. The molecule has 0 N–H and O–H groups in total. The van der Waals surface area contributed by atoms with Crippen molar-refractivity contribution in [1.82, 2.24) is 0 Å². The van der Waals surface area contributed by atoms with Crippen molar-refractivity contribution in [1.29, 1.82) is 5.26 Å². The Balaban J connectivity index is 1.89. The molecule has 2 aromatic carbocycles. The Morgan fingerprint density at radius 3 is 2.75 bits per heavy atom. The highest BCUT2D eigenvalue weighted by Gasteiger charge is 2.17. The van der Waals surface area contributed by atoms with Gasteiger partial charge in [-0.1, -0.05) is 17.7 Å². The summed E-state index contributed by atoms with van der Waals surface area (Å²) in [6, 6.07) is 12.4. The van der Waals surface area contributed by atoms with E-state index in [2.05, 4.69) is 11.0 Å². The summed E-state index contributed by atoms with van der Waals surface area (Å²) in [4.78, 5) is 2.19. The van der Waals surface area contributed by atoms with E-state index in [1.54, 1.807) is 12.1 Å². The van der Waals surface area contributed by atoms with Crippen molar-refractivity contribution in [2.24, 2.45) is 0 Å². The molecule has 0 radical (unpaired) electrons. The molecule has 1 aliphatic heterocycles. The Morgan fingerprint density at radius 1 is 1.15 bits per heavy atom. The monoisotopic (exact) mass is 286 g/mol. The van der Waals surface area contributed by atoms with Crippen LogP contribution in [-0.2, 0) is 13.0 Å². The Hall–Kier alpha value is -2.05. The topological polar surface area (TPSA) is 27.0 Å². The van der Waals surface area contributed by atoms with Crippen molar-refractivity contribution >= 4 is 17.3 Å². The smallest absolute Gasteiger partial charge is 0.123 e. The molecule has 0 saturated carbocycles. The fourth-order valence-electron chi connectivity index (χ4n) is 2.53. The van der Waals surface area contributed by atoms with Crippen LogP contribution in [0.25, 0.3) is 0 Å². The van der Waals surface area contributed by atoms with Crippen LogP contribution in [0, 0.1) is 17.1 Å². The van der Waals surface area contributed by atoms with Crippen LogP contribution < -0.4 is 4.90 Å². The van der Waals surface area contributed by atoms with Gasteiger partial charge in [0.15, 0.2) is 0 Å². The Morgan fingerprint density at radius 2 is 2.00 bits per heavy atom. The number of anilines is 1. The third-order valence-electron chi connectivity index (χ3n) is 3.62. The predicted octanol–water partition coefficient (Wildman–Crippen LogP) is 3.91. The number of rotatable bonds is 1. The minimum absolute atomic E-state index is 0.182. The first-order valence-electron chi connectivity index (χ1n) is 6.39. The summed E-state index contributed by atoms with van der Waals surface area (Å²) in [5.74, 6) is -0.182. The molecule has 0 fully saturated rings. The van der Waals surface area contributed by atoms with Gasteiger partial charge in [-0.2, -0.15) is 5.26 Å². The lowest BCUT2D eigenvalue weighted by molar-refractivity contribution is 0.619. The number of halogens is 2. The Labute approximate surface area is 122 Å². The zero-order valence-corrected chi connectivity index (χ0v) is 11.5. The molecule has 0 unspecified atom stereocenters. The van der Waals surface area contributed by atoms with Crippen LogP contribution in [-0.4, -0.2) is 6.54 Å². The van der Waals surface area contributed by atoms with Crippen molar-refractivity contribution < 1.29 is 4.39 Å². The number of hydrogen-bond acceptors (Lipinski definition) is 2. The normalized spacial score (nSPS) is 13.8. The highest BCUT2D eigenvalue weighted by Crippen LogP contribution is 2.28. The number of nitriles is 1. The van der Waals surface area contributed by atoms with Gasteiger partial charge in [0.2, 0.25) is 0 Å². The van der Waals surface area contributed by atoms with Gasteiger partial charge in [-0.15, -0.1) is 0 Å². The maximum absolute atomic E-state index is 13.2. The van der Waals surface area contributed by atoms with E-state index in [0.29, 0.717) is 10.6 Å². The molecular weight excluding hydrogens is 275 g/mol. The first kappa shape index (κ1) is 13.0. The van der Waals surface area contributed by atoms with Crippen molar-refractivity contribution in [3.05, 3.63) is 63.9 Å². The standard InChI is InChI=1S/C16H12ClFN2/c17-16-8-15(4-2-12(16)9-19)20-6-5-11-7-14(18)3-1-13(11)10-20/h1-4,7-8H,5-6,10H2. The molecule has 2 aromatic rings. The summed E-state index contributed by atoms with van der Waals surface area (Å²) in [6.07, 6.45) is 0.810. The second-order valence-corrected chi connectivity index (χ2v) is 5.27. The molecule has 20 heavy (non-hydrogen) atoms. The molecule has 0 spiro atoms. The van der Waals surface area contributed by atoms with Crippen LogP contribution in [0.5, 0.6) is 0 Å². The molecule has 1 aliphatic rings. The molecule has 0 amide bonds. The summed E-state index contributed by atoms with van der Waals surface area (Å²) >= 11 is 6.07. The third-order valence-corrected chi connectivity index (χ3v) is 3.93. The average molecular weight is 287 g/mol. The van der Waals surface area contributed by atoms with E-state index >= 15 is 0 Å². The molecule has 0 aromatic heterocycles. The minimum Gasteiger partial charge on any atom is -0.367 e. The van der Waals surface area contributed by atoms with Crippen molar-refractivity contribution in [3.63, 3.8) is 0 Å². The Bertz CT molecular complexity index is 706. The summed E-state index contributed by atoms with van der Waals surface area (Å²) in [6.45, 7) is 1.55. The summed E-state index contributed by atoms with van der Waals surface area (Å²) in [7, 11) is 0. The molecule has 3 rings (SSSR count). The second-order valence-electron chi connectivity index (χ2n) is 4.86. The molecule has 1 heterocycles. The van der Waals surface area contributed by atoms with Gasteiger partial charge < -0.3 is 4.90 Å². The van der Waals surface area contributed by atoms with Gasteiger partial charge in [-0.05, 0) is 47.9 Å². The van der Waals surface area contributed by atoms with Gasteiger partial charge in [0.25, 0.3) is 0 Å². The maximum Gasteiger partial charge on any atom is 0.123 e. The van der Waals surface area contributed by atoms with Crippen LogP contribution in [0.4, 0.5) is 10.1 Å². The zero-order valence-electron chi connectivity index (χ0n) is 10.7. The molecule has 100 valence electrons. The summed E-state index contributed by atoms with van der Waals surface area (Å²) in [5.41, 5.74) is 3.68. The molecule has 0 saturated heterocycles. The first-order valence-corrected chi connectivity index (χ1v) is 6.77. The largest absolute Gasteiger partial charge is 0.367 e. The molecule has 4 heteroatoms. The number of hydrogen-bond donors (Lipinski definition) is 0. The van der Waals surface area contributed by atoms with Gasteiger partial charge in [-0.3, -0.25) is 0 Å². The van der Waals surface area contributed by atoms with Crippen LogP contribution in [0.3, 0.4) is 0 Å². The van der Waals surface area contributed by atoms with E-state index in [9.17, 15) is 4.39 Å². The van der Waals surface area contributed by atoms with Crippen LogP contribution in [0.15, 0.2) is 36.4 Å². The van der Waals surface area contributed by atoms with E-state index < -0.39 is 0 Å². The summed E-state index contributed by atoms with van der Waals surface area (Å²) < 4.78 is 13.2. The van der Waals surface area contributed by atoms with Gasteiger partial charge in [0.05, 0.1) is 10.6 Å².